The van der Waals surface area contributed by atoms with Crippen LogP contribution in [0.2, 0.25) is 0 Å². The molecular formula is C27H37N4O9P. The Balaban J connectivity index is 2.12. The molecule has 1 unspecified atom stereocenters. The first kappa shape index (κ1) is 33.4. The molecule has 0 aliphatic rings. The molecule has 2 aromatic carbocycles. The average Bonchev–Trinajstić information content (AvgIpc) is 2.90. The van der Waals surface area contributed by atoms with Crippen LogP contribution in [0.15, 0.2) is 60.7 Å². The van der Waals surface area contributed by atoms with Crippen molar-refractivity contribution in [1.29, 1.82) is 0 Å². The van der Waals surface area contributed by atoms with Gasteiger partial charge in [0.05, 0.1) is 6.04 Å². The fourth-order valence-electron chi connectivity index (χ4n) is 4.07. The second-order valence-electron chi connectivity index (χ2n) is 9.83. The van der Waals surface area contributed by atoms with Crippen molar-refractivity contribution < 1.29 is 43.4 Å². The predicted molar refractivity (Wildman–Crippen MR) is 149 cm³/mol. The fraction of sp³-hybridized carbons (Fsp3) is 0.407. The van der Waals surface area contributed by atoms with Gasteiger partial charge in [-0.3, -0.25) is 9.36 Å². The Bertz CT molecular complexity index is 1210. The number of alkyl carbamates (subject to hydrolysis) is 1. The molecular weight excluding hydrogens is 555 g/mol. The number of nitrogens with one attached hydrogen (secondary N) is 2. The number of aliphatic carboxylic acids is 1. The highest BCUT2D eigenvalue weighted by Gasteiger charge is 2.38. The lowest BCUT2D eigenvalue weighted by Crippen LogP contribution is -2.58. The Morgan fingerprint density at radius 1 is 0.976 bits per heavy atom. The van der Waals surface area contributed by atoms with E-state index < -0.39 is 49.5 Å². The van der Waals surface area contributed by atoms with E-state index in [1.54, 1.807) is 74.5 Å². The zero-order chi connectivity index (χ0) is 30.6. The van der Waals surface area contributed by atoms with Crippen LogP contribution in [0.1, 0.15) is 37.8 Å². The first-order valence-electron chi connectivity index (χ1n) is 12.9. The number of carboxylic acids is 1. The number of carbonyl (C=O) groups excluding carboxylic acids is 3. The third kappa shape index (κ3) is 11.3. The van der Waals surface area contributed by atoms with Crippen LogP contribution >= 0.6 is 7.60 Å². The zero-order valence-corrected chi connectivity index (χ0v) is 23.8. The van der Waals surface area contributed by atoms with Gasteiger partial charge in [-0.1, -0.05) is 74.5 Å². The number of nitrogens with two attached hydrogens (primary N) is 1. The van der Waals surface area contributed by atoms with Gasteiger partial charge in [-0.2, -0.15) is 0 Å². The number of rotatable bonds is 15. The number of primary amides is 1. The third-order valence-electron chi connectivity index (χ3n) is 6.06. The number of carboxylic acid groups (broad SMARTS) is 1. The van der Waals surface area contributed by atoms with Gasteiger partial charge in [0.2, 0.25) is 5.91 Å². The second-order valence-corrected chi connectivity index (χ2v) is 11.6. The normalized spacial score (nSPS) is 13.6. The van der Waals surface area contributed by atoms with Crippen LogP contribution in [0.3, 0.4) is 0 Å². The first-order valence-corrected chi connectivity index (χ1v) is 14.6. The van der Waals surface area contributed by atoms with Crippen LogP contribution in [0.5, 0.6) is 0 Å². The quantitative estimate of drug-likeness (QED) is 0.166. The van der Waals surface area contributed by atoms with Crippen LogP contribution in [-0.4, -0.2) is 68.2 Å². The molecule has 0 radical (unpaired) electrons. The molecule has 14 heteroatoms. The van der Waals surface area contributed by atoms with Crippen molar-refractivity contribution in [2.45, 2.75) is 57.6 Å². The molecule has 0 bridgehead atoms. The van der Waals surface area contributed by atoms with Crippen molar-refractivity contribution in [2.75, 3.05) is 6.54 Å². The Hall–Kier alpha value is -3.77. The molecule has 0 aliphatic carbocycles. The Labute approximate surface area is 238 Å². The van der Waals surface area contributed by atoms with Gasteiger partial charge in [0.15, 0.2) is 0 Å². The summed E-state index contributed by atoms with van der Waals surface area (Å²) in [6.45, 7) is 3.32. The van der Waals surface area contributed by atoms with Gasteiger partial charge in [0.1, 0.15) is 18.4 Å². The average molecular weight is 593 g/mol. The molecule has 0 spiro atoms. The van der Waals surface area contributed by atoms with Gasteiger partial charge in [-0.05, 0) is 36.4 Å². The van der Waals surface area contributed by atoms with Crippen LogP contribution in [0.25, 0.3) is 0 Å². The molecule has 3 atom stereocenters. The highest BCUT2D eigenvalue weighted by molar-refractivity contribution is 7.52. The summed E-state index contributed by atoms with van der Waals surface area (Å²) >= 11 is 0. The molecule has 7 N–H and O–H groups in total. The van der Waals surface area contributed by atoms with E-state index in [-0.39, 0.29) is 38.3 Å². The van der Waals surface area contributed by atoms with Crippen LogP contribution < -0.4 is 16.4 Å². The summed E-state index contributed by atoms with van der Waals surface area (Å²) in [6.07, 6.45) is -1.36. The van der Waals surface area contributed by atoms with Crippen LogP contribution in [0, 0.1) is 5.92 Å². The van der Waals surface area contributed by atoms with Crippen molar-refractivity contribution in [3.63, 3.8) is 0 Å². The summed E-state index contributed by atoms with van der Waals surface area (Å²) < 4.78 is 17.1. The maximum Gasteiger partial charge on any atom is 0.408 e. The molecule has 0 fully saturated rings. The predicted octanol–water partition coefficient (Wildman–Crippen LogP) is 2.41. The van der Waals surface area contributed by atoms with Crippen molar-refractivity contribution in [3.8, 4) is 0 Å². The maximum atomic E-state index is 13.5. The number of urea groups is 1. The topological polar surface area (TPSA) is 209 Å². The molecule has 0 aromatic heterocycles. The molecule has 0 heterocycles. The summed E-state index contributed by atoms with van der Waals surface area (Å²) in [5, 5.41) is 14.9. The summed E-state index contributed by atoms with van der Waals surface area (Å²) in [6, 6.07) is 13.2. The van der Waals surface area contributed by atoms with E-state index in [9.17, 15) is 38.6 Å². The van der Waals surface area contributed by atoms with Crippen LogP contribution in [0.4, 0.5) is 9.59 Å². The number of imide groups is 1. The van der Waals surface area contributed by atoms with E-state index in [0.29, 0.717) is 16.0 Å². The lowest BCUT2D eigenvalue weighted by Gasteiger charge is -2.31. The highest BCUT2D eigenvalue weighted by atomic mass is 31.2. The second kappa shape index (κ2) is 15.9. The monoisotopic (exact) mass is 592 g/mol. The Morgan fingerprint density at radius 3 is 2.02 bits per heavy atom. The minimum absolute atomic E-state index is 0.0905. The molecule has 13 nitrogen and oxygen atoms in total. The van der Waals surface area contributed by atoms with Gasteiger partial charge in [0, 0.05) is 6.42 Å². The number of hydrogen-bond donors (Lipinski definition) is 6. The molecule has 224 valence electrons. The number of nitrogens with zero attached hydrogens (tertiary/aromatic N) is 1. The molecule has 41 heavy (non-hydrogen) atoms. The van der Waals surface area contributed by atoms with Crippen molar-refractivity contribution >= 4 is 31.6 Å². The van der Waals surface area contributed by atoms with Gasteiger partial charge >= 0.3 is 25.7 Å². The summed E-state index contributed by atoms with van der Waals surface area (Å²) in [4.78, 5) is 70.2. The molecule has 0 aliphatic heterocycles. The van der Waals surface area contributed by atoms with Crippen molar-refractivity contribution in [1.82, 2.24) is 15.5 Å². The minimum Gasteiger partial charge on any atom is -0.480 e. The van der Waals surface area contributed by atoms with E-state index in [2.05, 4.69) is 10.6 Å². The van der Waals surface area contributed by atoms with E-state index >= 15 is 0 Å². The van der Waals surface area contributed by atoms with Gasteiger partial charge in [-0.15, -0.1) is 0 Å². The van der Waals surface area contributed by atoms with Crippen molar-refractivity contribution in [3.05, 3.63) is 71.8 Å². The number of benzene rings is 2. The minimum atomic E-state index is -4.84. The van der Waals surface area contributed by atoms with E-state index in [1.807, 2.05) is 0 Å². The summed E-state index contributed by atoms with van der Waals surface area (Å²) in [7, 11) is -4.84. The molecule has 0 saturated carbocycles. The van der Waals surface area contributed by atoms with Gasteiger partial charge in [-0.25, -0.2) is 19.3 Å². The lowest BCUT2D eigenvalue weighted by atomic mass is 10.00. The molecule has 0 saturated heterocycles. The Kier molecular flexibility index (Phi) is 12.9. The number of amides is 4. The SMILES string of the molecule is CC(C)C[C@H](NCCC(NC(=O)OCc1ccccc1)P(=O)(O)O)C(=O)N(C(N)=O)[C@@H](Cc1ccccc1)C(=O)O. The number of ether oxygens (including phenoxy) is 1. The zero-order valence-electron chi connectivity index (χ0n) is 22.9. The van der Waals surface area contributed by atoms with Gasteiger partial charge in [0.25, 0.3) is 0 Å². The largest absolute Gasteiger partial charge is 0.480 e. The molecule has 2 aromatic rings. The standard InChI is InChI=1S/C27H37N4O9P/c1-18(2)15-21(24(32)31(26(28)35)22(25(33)34)16-19-9-5-3-6-10-19)29-14-13-23(41(37,38)39)30-27(36)40-17-20-11-7-4-8-12-20/h3-12,18,21-23,29H,13-17H2,1-2H3,(H2,28,35)(H,30,36)(H,33,34)(H2,37,38,39)/t21-,22-,23?/m0/s1. The van der Waals surface area contributed by atoms with Crippen LogP contribution in [-0.2, 0) is 31.9 Å². The number of hydrogen-bond acceptors (Lipinski definition) is 7. The molecule has 2 rings (SSSR count). The van der Waals surface area contributed by atoms with Gasteiger partial charge < -0.3 is 36.0 Å². The smallest absolute Gasteiger partial charge is 0.408 e. The summed E-state index contributed by atoms with van der Waals surface area (Å²) in [5.74, 6) is -4.04. The van der Waals surface area contributed by atoms with E-state index in [4.69, 9.17) is 10.5 Å². The third-order valence-corrected chi connectivity index (χ3v) is 7.26. The van der Waals surface area contributed by atoms with E-state index in [0.717, 1.165) is 0 Å². The lowest BCUT2D eigenvalue weighted by molar-refractivity contribution is -0.148. The number of carbonyl (C=O) groups is 4. The summed E-state index contributed by atoms with van der Waals surface area (Å²) in [5.41, 5.74) is 6.72. The maximum absolute atomic E-state index is 13.5. The molecule has 4 amide bonds. The first-order chi connectivity index (χ1) is 19.3. The Morgan fingerprint density at radius 2 is 1.54 bits per heavy atom. The van der Waals surface area contributed by atoms with E-state index in [1.165, 1.54) is 0 Å². The van der Waals surface area contributed by atoms with Crippen molar-refractivity contribution in [2.24, 2.45) is 11.7 Å². The fourth-order valence-corrected chi connectivity index (χ4v) is 4.81. The highest BCUT2D eigenvalue weighted by Crippen LogP contribution is 2.41.